The Morgan fingerprint density at radius 1 is 1.23 bits per heavy atom. The van der Waals surface area contributed by atoms with Gasteiger partial charge < -0.3 is 10.1 Å². The lowest BCUT2D eigenvalue weighted by Gasteiger charge is -2.07. The zero-order valence-electron chi connectivity index (χ0n) is 13.8. The van der Waals surface area contributed by atoms with Crippen molar-refractivity contribution in [3.63, 3.8) is 0 Å². The Morgan fingerprint density at radius 2 is 1.91 bits per heavy atom. The van der Waals surface area contributed by atoms with E-state index in [1.807, 2.05) is 19.1 Å². The smallest absolute Gasteiger partial charge is 0.148 e. The van der Waals surface area contributed by atoms with E-state index >= 15 is 0 Å². The fraction of sp³-hybridized carbons (Fsp3) is 0.471. The summed E-state index contributed by atoms with van der Waals surface area (Å²) in [4.78, 5) is 0. The third-order valence-corrected chi connectivity index (χ3v) is 3.23. The number of aryl methyl sites for hydroxylation is 1. The first-order valence-corrected chi connectivity index (χ1v) is 7.58. The van der Waals surface area contributed by atoms with E-state index in [0.29, 0.717) is 12.5 Å². The second-order valence-electron chi connectivity index (χ2n) is 5.68. The normalized spacial score (nSPS) is 10.4. The van der Waals surface area contributed by atoms with Crippen molar-refractivity contribution in [2.75, 3.05) is 11.9 Å². The summed E-state index contributed by atoms with van der Waals surface area (Å²) in [7, 11) is 0. The van der Waals surface area contributed by atoms with Crippen molar-refractivity contribution in [3.05, 3.63) is 41.6 Å². The van der Waals surface area contributed by atoms with Crippen molar-refractivity contribution in [2.45, 2.75) is 40.8 Å². The molecule has 4 nitrogen and oxygen atoms in total. The Labute approximate surface area is 139 Å². The van der Waals surface area contributed by atoms with Gasteiger partial charge in [-0.1, -0.05) is 26.0 Å². The fourth-order valence-corrected chi connectivity index (χ4v) is 2.19. The molecule has 22 heavy (non-hydrogen) atoms. The van der Waals surface area contributed by atoms with Crippen molar-refractivity contribution in [2.24, 2.45) is 5.92 Å². The van der Waals surface area contributed by atoms with Crippen LogP contribution >= 0.6 is 12.4 Å². The maximum atomic E-state index is 5.44. The third kappa shape index (κ3) is 5.26. The number of hydrogen-bond donors (Lipinski definition) is 1. The van der Waals surface area contributed by atoms with Crippen molar-refractivity contribution < 1.29 is 4.74 Å². The van der Waals surface area contributed by atoms with Crippen LogP contribution in [0.1, 0.15) is 32.0 Å². The molecule has 0 aliphatic carbocycles. The monoisotopic (exact) mass is 323 g/mol. The lowest BCUT2D eigenvalue weighted by Crippen LogP contribution is -2.08. The Balaban J connectivity index is 0.00000242. The quantitative estimate of drug-likeness (QED) is 0.826. The van der Waals surface area contributed by atoms with Gasteiger partial charge in [-0.25, -0.2) is 0 Å². The van der Waals surface area contributed by atoms with Crippen LogP contribution in [0.2, 0.25) is 0 Å². The van der Waals surface area contributed by atoms with Crippen LogP contribution in [0.15, 0.2) is 30.3 Å². The summed E-state index contributed by atoms with van der Waals surface area (Å²) in [6, 6.07) is 10.3. The van der Waals surface area contributed by atoms with Crippen molar-refractivity contribution in [1.82, 2.24) is 9.78 Å². The third-order valence-electron chi connectivity index (χ3n) is 3.23. The van der Waals surface area contributed by atoms with E-state index < -0.39 is 0 Å². The van der Waals surface area contributed by atoms with Crippen molar-refractivity contribution >= 4 is 18.2 Å². The van der Waals surface area contributed by atoms with Gasteiger partial charge in [0.15, 0.2) is 0 Å². The largest absolute Gasteiger partial charge is 0.494 e. The molecule has 0 aliphatic rings. The second kappa shape index (κ2) is 8.69. The number of halogens is 1. The number of rotatable bonds is 7. The minimum Gasteiger partial charge on any atom is -0.494 e. The first-order chi connectivity index (χ1) is 10.1. The van der Waals surface area contributed by atoms with Crippen LogP contribution in [-0.4, -0.2) is 16.4 Å². The molecule has 0 radical (unpaired) electrons. The maximum absolute atomic E-state index is 5.44. The highest BCUT2D eigenvalue weighted by atomic mass is 35.5. The second-order valence-corrected chi connectivity index (χ2v) is 5.68. The lowest BCUT2D eigenvalue weighted by molar-refractivity contribution is 0.340. The first-order valence-electron chi connectivity index (χ1n) is 7.58. The molecule has 0 bridgehead atoms. The number of ether oxygens (including phenoxy) is 1. The fourth-order valence-electron chi connectivity index (χ4n) is 2.19. The van der Waals surface area contributed by atoms with E-state index in [1.54, 1.807) is 0 Å². The highest BCUT2D eigenvalue weighted by molar-refractivity contribution is 5.85. The van der Waals surface area contributed by atoms with Gasteiger partial charge in [-0.2, -0.15) is 5.10 Å². The number of nitrogens with one attached hydrogen (secondary N) is 1. The minimum absolute atomic E-state index is 0. The average molecular weight is 324 g/mol. The predicted octanol–water partition coefficient (Wildman–Crippen LogP) is 4.28. The van der Waals surface area contributed by atoms with E-state index in [2.05, 4.69) is 54.1 Å². The standard InChI is InChI=1S/C17H25N3O.ClH/c1-5-21-16-8-6-15(7-9-16)11-18-17-10-14(4)20(19-17)12-13(2)3;/h6-10,13H,5,11-12H2,1-4H3,(H,18,19);1H. The van der Waals surface area contributed by atoms with Crippen molar-refractivity contribution in [3.8, 4) is 5.75 Å². The van der Waals surface area contributed by atoms with Gasteiger partial charge in [0.05, 0.1) is 6.61 Å². The molecule has 0 saturated heterocycles. The molecule has 0 fully saturated rings. The maximum Gasteiger partial charge on any atom is 0.148 e. The van der Waals surface area contributed by atoms with Crippen LogP contribution in [0.3, 0.4) is 0 Å². The van der Waals surface area contributed by atoms with E-state index in [0.717, 1.165) is 24.7 Å². The van der Waals surface area contributed by atoms with Crippen LogP contribution in [-0.2, 0) is 13.1 Å². The molecule has 0 atom stereocenters. The molecular formula is C17H26ClN3O. The highest BCUT2D eigenvalue weighted by Gasteiger charge is 2.05. The van der Waals surface area contributed by atoms with Crippen LogP contribution in [0.4, 0.5) is 5.82 Å². The summed E-state index contributed by atoms with van der Waals surface area (Å²) in [5.74, 6) is 2.45. The molecule has 5 heteroatoms. The van der Waals surface area contributed by atoms with E-state index in [4.69, 9.17) is 4.74 Å². The van der Waals surface area contributed by atoms with Gasteiger partial charge in [0, 0.05) is 24.8 Å². The number of nitrogens with zero attached hydrogens (tertiary/aromatic N) is 2. The Bertz CT molecular complexity index is 564. The summed E-state index contributed by atoms with van der Waals surface area (Å²) in [6.07, 6.45) is 0. The summed E-state index contributed by atoms with van der Waals surface area (Å²) >= 11 is 0. The molecule has 2 aromatic rings. The van der Waals surface area contributed by atoms with Gasteiger partial charge in [0.1, 0.15) is 11.6 Å². The van der Waals surface area contributed by atoms with Crippen LogP contribution in [0.5, 0.6) is 5.75 Å². The summed E-state index contributed by atoms with van der Waals surface area (Å²) < 4.78 is 7.50. The Kier molecular flexibility index (Phi) is 7.25. The molecule has 1 N–H and O–H groups in total. The number of benzene rings is 1. The summed E-state index contributed by atoms with van der Waals surface area (Å²) in [6.45, 7) is 10.9. The van der Waals surface area contributed by atoms with Crippen molar-refractivity contribution in [1.29, 1.82) is 0 Å². The van der Waals surface area contributed by atoms with E-state index in [-0.39, 0.29) is 12.4 Å². The topological polar surface area (TPSA) is 39.1 Å². The van der Waals surface area contributed by atoms with Crippen LogP contribution in [0, 0.1) is 12.8 Å². The van der Waals surface area contributed by atoms with Crippen LogP contribution < -0.4 is 10.1 Å². The van der Waals surface area contributed by atoms with Gasteiger partial charge >= 0.3 is 0 Å². The predicted molar refractivity (Wildman–Crippen MR) is 94.0 cm³/mol. The summed E-state index contributed by atoms with van der Waals surface area (Å²) in [5.41, 5.74) is 2.41. The van der Waals surface area contributed by atoms with Gasteiger partial charge in [0.25, 0.3) is 0 Å². The Morgan fingerprint density at radius 3 is 2.50 bits per heavy atom. The van der Waals surface area contributed by atoms with E-state index in [1.165, 1.54) is 11.3 Å². The van der Waals surface area contributed by atoms with Gasteiger partial charge in [-0.3, -0.25) is 4.68 Å². The number of hydrogen-bond acceptors (Lipinski definition) is 3. The van der Waals surface area contributed by atoms with E-state index in [9.17, 15) is 0 Å². The first kappa shape index (κ1) is 18.4. The zero-order chi connectivity index (χ0) is 15.2. The summed E-state index contributed by atoms with van der Waals surface area (Å²) in [5, 5.41) is 7.97. The van der Waals surface area contributed by atoms with Gasteiger partial charge in [0.2, 0.25) is 0 Å². The average Bonchev–Trinajstić information content (AvgIpc) is 2.78. The molecule has 0 unspecified atom stereocenters. The molecule has 0 aliphatic heterocycles. The molecule has 2 rings (SSSR count). The highest BCUT2D eigenvalue weighted by Crippen LogP contribution is 2.15. The Hall–Kier alpha value is -1.68. The number of aromatic nitrogens is 2. The number of anilines is 1. The molecule has 122 valence electrons. The SMILES string of the molecule is CCOc1ccc(CNc2cc(C)n(CC(C)C)n2)cc1.Cl. The van der Waals surface area contributed by atoms with Gasteiger partial charge in [-0.05, 0) is 37.5 Å². The van der Waals surface area contributed by atoms with Crippen LogP contribution in [0.25, 0.3) is 0 Å². The molecule has 1 aromatic carbocycles. The molecule has 0 amide bonds. The molecule has 0 spiro atoms. The molecule has 0 saturated carbocycles. The molecule has 1 aromatic heterocycles. The van der Waals surface area contributed by atoms with Gasteiger partial charge in [-0.15, -0.1) is 12.4 Å². The zero-order valence-corrected chi connectivity index (χ0v) is 14.6. The minimum atomic E-state index is 0. The molecular weight excluding hydrogens is 298 g/mol. The lowest BCUT2D eigenvalue weighted by atomic mass is 10.2. The molecule has 1 heterocycles.